The Morgan fingerprint density at radius 1 is 1.41 bits per heavy atom. The molecule has 1 heterocycles. The van der Waals surface area contributed by atoms with Gasteiger partial charge in [-0.1, -0.05) is 12.1 Å². The molecule has 0 aliphatic heterocycles. The van der Waals surface area contributed by atoms with Crippen LogP contribution in [0.15, 0.2) is 24.3 Å². The molecular formula is C13H14FN3. The first-order valence-electron chi connectivity index (χ1n) is 5.82. The molecule has 1 aromatic heterocycles. The highest BCUT2D eigenvalue weighted by Gasteiger charge is 2.22. The quantitative estimate of drug-likeness (QED) is 0.852. The highest BCUT2D eigenvalue weighted by atomic mass is 19.1. The van der Waals surface area contributed by atoms with Gasteiger partial charge in [0.2, 0.25) is 0 Å². The topological polar surface area (TPSA) is 50.9 Å². The van der Waals surface area contributed by atoms with Crippen molar-refractivity contribution in [2.24, 2.45) is 5.73 Å². The van der Waals surface area contributed by atoms with Gasteiger partial charge in [-0.05, 0) is 25.0 Å². The Hall–Kier alpha value is -1.68. The lowest BCUT2D eigenvalue weighted by Gasteiger charge is -2.11. The van der Waals surface area contributed by atoms with Gasteiger partial charge in [0.15, 0.2) is 0 Å². The number of rotatable bonds is 3. The van der Waals surface area contributed by atoms with Crippen molar-refractivity contribution in [2.45, 2.75) is 25.4 Å². The van der Waals surface area contributed by atoms with Gasteiger partial charge in [-0.25, -0.2) is 9.37 Å². The van der Waals surface area contributed by atoms with Crippen molar-refractivity contribution in [2.75, 3.05) is 5.32 Å². The number of nitrogens with two attached hydrogens (primary N) is 1. The molecule has 0 atom stereocenters. The number of fused-ring (bicyclic) bond motifs is 1. The van der Waals surface area contributed by atoms with Gasteiger partial charge in [-0.3, -0.25) is 0 Å². The fourth-order valence-corrected chi connectivity index (χ4v) is 1.94. The molecule has 3 rings (SSSR count). The van der Waals surface area contributed by atoms with E-state index in [4.69, 9.17) is 5.73 Å². The number of nitrogens with one attached hydrogen (secondary N) is 1. The Bertz CT molecular complexity index is 564. The number of halogens is 1. The summed E-state index contributed by atoms with van der Waals surface area (Å²) in [6.45, 7) is 0.323. The Labute approximate surface area is 98.8 Å². The molecular weight excluding hydrogens is 217 g/mol. The molecule has 0 unspecified atom stereocenters. The van der Waals surface area contributed by atoms with Crippen molar-refractivity contribution in [3.8, 4) is 0 Å². The normalized spacial score (nSPS) is 15.2. The molecule has 88 valence electrons. The van der Waals surface area contributed by atoms with E-state index in [1.165, 1.54) is 18.9 Å². The minimum Gasteiger partial charge on any atom is -0.382 e. The second-order valence-corrected chi connectivity index (χ2v) is 4.42. The van der Waals surface area contributed by atoms with E-state index in [1.807, 2.05) is 12.1 Å². The van der Waals surface area contributed by atoms with Crippen LogP contribution in [0.5, 0.6) is 0 Å². The average Bonchev–Trinajstić information content (AvgIpc) is 3.14. The fraction of sp³-hybridized carbons (Fsp3) is 0.308. The van der Waals surface area contributed by atoms with Crippen molar-refractivity contribution >= 4 is 16.6 Å². The van der Waals surface area contributed by atoms with Gasteiger partial charge >= 0.3 is 0 Å². The minimum atomic E-state index is -0.295. The van der Waals surface area contributed by atoms with Gasteiger partial charge in [0, 0.05) is 23.7 Å². The second-order valence-electron chi connectivity index (χ2n) is 4.42. The Morgan fingerprint density at radius 3 is 2.94 bits per heavy atom. The maximum Gasteiger partial charge on any atom is 0.149 e. The molecule has 0 spiro atoms. The molecule has 2 aromatic rings. The molecule has 1 fully saturated rings. The Kier molecular flexibility index (Phi) is 2.44. The van der Waals surface area contributed by atoms with Gasteiger partial charge in [-0.15, -0.1) is 0 Å². The van der Waals surface area contributed by atoms with Crippen LogP contribution in [0, 0.1) is 5.82 Å². The predicted octanol–water partition coefficient (Wildman–Crippen LogP) is 2.41. The van der Waals surface area contributed by atoms with Gasteiger partial charge < -0.3 is 11.1 Å². The molecule has 3 nitrogen and oxygen atoms in total. The Morgan fingerprint density at radius 2 is 2.24 bits per heavy atom. The maximum absolute atomic E-state index is 13.7. The first-order valence-corrected chi connectivity index (χ1v) is 5.82. The lowest BCUT2D eigenvalue weighted by molar-refractivity contribution is 0.636. The monoisotopic (exact) mass is 231 g/mol. The van der Waals surface area contributed by atoms with Crippen molar-refractivity contribution in [1.82, 2.24) is 4.98 Å². The summed E-state index contributed by atoms with van der Waals surface area (Å²) in [6.07, 6.45) is 2.36. The largest absolute Gasteiger partial charge is 0.382 e. The fourth-order valence-electron chi connectivity index (χ4n) is 1.94. The number of anilines is 1. The molecule has 1 saturated carbocycles. The number of pyridine rings is 1. The standard InChI is InChI=1S/C13H14FN3/c14-11-3-1-2-10-12(16-8-4-5-8)6-9(7-15)17-13(10)11/h1-3,6,8H,4-5,7,15H2,(H,16,17). The van der Waals surface area contributed by atoms with E-state index in [2.05, 4.69) is 10.3 Å². The van der Waals surface area contributed by atoms with E-state index in [0.29, 0.717) is 23.8 Å². The van der Waals surface area contributed by atoms with Crippen LogP contribution < -0.4 is 11.1 Å². The van der Waals surface area contributed by atoms with Crippen molar-refractivity contribution in [3.05, 3.63) is 35.8 Å². The van der Waals surface area contributed by atoms with Gasteiger partial charge in [0.05, 0.1) is 5.69 Å². The third-order valence-electron chi connectivity index (χ3n) is 2.99. The van der Waals surface area contributed by atoms with Gasteiger partial charge in [0.1, 0.15) is 11.3 Å². The summed E-state index contributed by atoms with van der Waals surface area (Å²) in [6, 6.07) is 7.46. The summed E-state index contributed by atoms with van der Waals surface area (Å²) in [5.41, 5.74) is 7.65. The number of aromatic nitrogens is 1. The first kappa shape index (κ1) is 10.5. The molecule has 3 N–H and O–H groups in total. The van der Waals surface area contributed by atoms with Crippen LogP contribution in [0.3, 0.4) is 0 Å². The predicted molar refractivity (Wildman–Crippen MR) is 66.2 cm³/mol. The van der Waals surface area contributed by atoms with Crippen molar-refractivity contribution < 1.29 is 4.39 Å². The minimum absolute atomic E-state index is 0.295. The van der Waals surface area contributed by atoms with Crippen LogP contribution >= 0.6 is 0 Å². The molecule has 1 aliphatic carbocycles. The van der Waals surface area contributed by atoms with Crippen LogP contribution in [0.4, 0.5) is 10.1 Å². The van der Waals surface area contributed by atoms with E-state index in [1.54, 1.807) is 6.07 Å². The lowest BCUT2D eigenvalue weighted by atomic mass is 10.1. The van der Waals surface area contributed by atoms with Crippen LogP contribution in [0.1, 0.15) is 18.5 Å². The van der Waals surface area contributed by atoms with Crippen LogP contribution in [0.25, 0.3) is 10.9 Å². The van der Waals surface area contributed by atoms with E-state index < -0.39 is 0 Å². The number of nitrogens with zero attached hydrogens (tertiary/aromatic N) is 1. The summed E-state index contributed by atoms with van der Waals surface area (Å²) >= 11 is 0. The van der Waals surface area contributed by atoms with E-state index in [-0.39, 0.29) is 5.82 Å². The van der Waals surface area contributed by atoms with Crippen molar-refractivity contribution in [1.29, 1.82) is 0 Å². The molecule has 0 bridgehead atoms. The number of hydrogen-bond donors (Lipinski definition) is 2. The van der Waals surface area contributed by atoms with Crippen molar-refractivity contribution in [3.63, 3.8) is 0 Å². The summed E-state index contributed by atoms with van der Waals surface area (Å²) < 4.78 is 13.7. The molecule has 0 amide bonds. The van der Waals surface area contributed by atoms with Gasteiger partial charge in [-0.2, -0.15) is 0 Å². The molecule has 0 radical (unpaired) electrons. The maximum atomic E-state index is 13.7. The molecule has 1 aliphatic rings. The van der Waals surface area contributed by atoms with Crippen LogP contribution in [-0.4, -0.2) is 11.0 Å². The zero-order valence-electron chi connectivity index (χ0n) is 9.41. The average molecular weight is 231 g/mol. The molecule has 1 aromatic carbocycles. The zero-order chi connectivity index (χ0) is 11.8. The highest BCUT2D eigenvalue weighted by molar-refractivity contribution is 5.92. The SMILES string of the molecule is NCc1cc(NC2CC2)c2cccc(F)c2n1. The summed E-state index contributed by atoms with van der Waals surface area (Å²) in [5.74, 6) is -0.295. The smallest absolute Gasteiger partial charge is 0.149 e. The third-order valence-corrected chi connectivity index (χ3v) is 2.99. The lowest BCUT2D eigenvalue weighted by Crippen LogP contribution is -2.06. The summed E-state index contributed by atoms with van der Waals surface area (Å²) in [5, 5.41) is 4.23. The number of hydrogen-bond acceptors (Lipinski definition) is 3. The highest BCUT2D eigenvalue weighted by Crippen LogP contribution is 2.30. The van der Waals surface area contributed by atoms with E-state index in [9.17, 15) is 4.39 Å². The second kappa shape index (κ2) is 3.96. The molecule has 0 saturated heterocycles. The van der Waals surface area contributed by atoms with Crippen LogP contribution in [-0.2, 0) is 6.54 Å². The molecule has 4 heteroatoms. The van der Waals surface area contributed by atoms with E-state index >= 15 is 0 Å². The summed E-state index contributed by atoms with van der Waals surface area (Å²) in [4.78, 5) is 4.24. The molecule has 17 heavy (non-hydrogen) atoms. The number of para-hydroxylation sites is 1. The Balaban J connectivity index is 2.19. The first-order chi connectivity index (χ1) is 8.28. The summed E-state index contributed by atoms with van der Waals surface area (Å²) in [7, 11) is 0. The van der Waals surface area contributed by atoms with Gasteiger partial charge in [0.25, 0.3) is 0 Å². The number of benzene rings is 1. The van der Waals surface area contributed by atoms with E-state index in [0.717, 1.165) is 11.1 Å². The van der Waals surface area contributed by atoms with Crippen LogP contribution in [0.2, 0.25) is 0 Å². The third kappa shape index (κ3) is 1.96. The zero-order valence-corrected chi connectivity index (χ0v) is 9.41.